The summed E-state index contributed by atoms with van der Waals surface area (Å²) in [6, 6.07) is 21.1. The van der Waals surface area contributed by atoms with Gasteiger partial charge in [0, 0.05) is 5.56 Å². The zero-order chi connectivity index (χ0) is 25.2. The summed E-state index contributed by atoms with van der Waals surface area (Å²) in [6.45, 7) is 8.06. The van der Waals surface area contributed by atoms with E-state index in [1.807, 2.05) is 74.5 Å². The molecule has 0 N–H and O–H groups in total. The molecule has 1 atom stereocenters. The van der Waals surface area contributed by atoms with Gasteiger partial charge in [-0.3, -0.25) is 4.79 Å². The summed E-state index contributed by atoms with van der Waals surface area (Å²) in [5.74, 6) is 0.879. The van der Waals surface area contributed by atoms with Crippen LogP contribution in [0.25, 0.3) is 0 Å². The lowest BCUT2D eigenvalue weighted by Crippen LogP contribution is -2.16. The van der Waals surface area contributed by atoms with Crippen LogP contribution in [0.3, 0.4) is 0 Å². The van der Waals surface area contributed by atoms with E-state index in [4.69, 9.17) is 14.2 Å². The zero-order valence-electron chi connectivity index (χ0n) is 21.0. The van der Waals surface area contributed by atoms with Crippen molar-refractivity contribution in [3.8, 4) is 11.5 Å². The molecule has 0 aliphatic rings. The minimum Gasteiger partial charge on any atom is -0.490 e. The van der Waals surface area contributed by atoms with Crippen LogP contribution in [0.15, 0.2) is 66.7 Å². The van der Waals surface area contributed by atoms with Gasteiger partial charge in [-0.25, -0.2) is 4.79 Å². The molecule has 0 aliphatic carbocycles. The third kappa shape index (κ3) is 7.44. The van der Waals surface area contributed by atoms with E-state index < -0.39 is 0 Å². The molecule has 35 heavy (non-hydrogen) atoms. The van der Waals surface area contributed by atoms with Crippen LogP contribution in [0.2, 0.25) is 0 Å². The van der Waals surface area contributed by atoms with Crippen LogP contribution in [0, 0.1) is 6.92 Å². The second-order valence-corrected chi connectivity index (χ2v) is 8.54. The topological polar surface area (TPSA) is 61.8 Å². The summed E-state index contributed by atoms with van der Waals surface area (Å²) in [5.41, 5.74) is 4.47. The number of esters is 1. The average molecular weight is 475 g/mol. The molecule has 0 saturated carbocycles. The largest absolute Gasteiger partial charge is 0.490 e. The molecular formula is C30H34O5. The fourth-order valence-corrected chi connectivity index (χ4v) is 3.84. The molecule has 5 nitrogen and oxygen atoms in total. The van der Waals surface area contributed by atoms with E-state index in [0.717, 1.165) is 36.0 Å². The first-order valence-electron chi connectivity index (χ1n) is 12.2. The summed E-state index contributed by atoms with van der Waals surface area (Å²) in [7, 11) is 0. The fourth-order valence-electron chi connectivity index (χ4n) is 3.84. The highest BCUT2D eigenvalue weighted by Crippen LogP contribution is 2.26. The minimum absolute atomic E-state index is 0.0304. The SMILES string of the molecule is CCOC(=O)COc1ccc(CCC(C)Oc2ccc(CC)cc2C(=O)c2ccccc2)cc1C. The molecule has 0 saturated heterocycles. The molecule has 3 aromatic rings. The number of hydrogen-bond acceptors (Lipinski definition) is 5. The van der Waals surface area contributed by atoms with Crippen molar-refractivity contribution in [2.24, 2.45) is 0 Å². The molecule has 0 aromatic heterocycles. The fraction of sp³-hybridized carbons (Fsp3) is 0.333. The van der Waals surface area contributed by atoms with Crippen LogP contribution < -0.4 is 9.47 Å². The van der Waals surface area contributed by atoms with Gasteiger partial charge >= 0.3 is 5.97 Å². The van der Waals surface area contributed by atoms with Gasteiger partial charge in [0.25, 0.3) is 0 Å². The van der Waals surface area contributed by atoms with E-state index in [9.17, 15) is 9.59 Å². The highest BCUT2D eigenvalue weighted by molar-refractivity contribution is 6.10. The van der Waals surface area contributed by atoms with Crippen LogP contribution in [0.4, 0.5) is 0 Å². The predicted octanol–water partition coefficient (Wildman–Crippen LogP) is 6.13. The van der Waals surface area contributed by atoms with Gasteiger partial charge in [-0.15, -0.1) is 0 Å². The van der Waals surface area contributed by atoms with E-state index in [-0.39, 0.29) is 24.5 Å². The Morgan fingerprint density at radius 1 is 0.886 bits per heavy atom. The van der Waals surface area contributed by atoms with Gasteiger partial charge in [-0.05, 0) is 74.9 Å². The number of ketones is 1. The lowest BCUT2D eigenvalue weighted by molar-refractivity contribution is -0.145. The summed E-state index contributed by atoms with van der Waals surface area (Å²) < 4.78 is 16.7. The Morgan fingerprint density at radius 3 is 2.29 bits per heavy atom. The molecule has 0 heterocycles. The molecule has 0 aliphatic heterocycles. The Bertz CT molecular complexity index is 1140. The number of carbonyl (C=O) groups excluding carboxylic acids is 2. The van der Waals surface area contributed by atoms with Gasteiger partial charge in [-0.2, -0.15) is 0 Å². The third-order valence-electron chi connectivity index (χ3n) is 5.79. The van der Waals surface area contributed by atoms with E-state index in [2.05, 4.69) is 13.0 Å². The van der Waals surface area contributed by atoms with Crippen LogP contribution in [0.5, 0.6) is 11.5 Å². The van der Waals surface area contributed by atoms with Crippen molar-refractivity contribution in [1.82, 2.24) is 0 Å². The van der Waals surface area contributed by atoms with Crippen molar-refractivity contribution >= 4 is 11.8 Å². The number of aryl methyl sites for hydroxylation is 3. The van der Waals surface area contributed by atoms with Crippen LogP contribution in [0.1, 0.15) is 59.8 Å². The molecule has 0 fully saturated rings. The maximum Gasteiger partial charge on any atom is 0.344 e. The third-order valence-corrected chi connectivity index (χ3v) is 5.79. The summed E-state index contributed by atoms with van der Waals surface area (Å²) >= 11 is 0. The lowest BCUT2D eigenvalue weighted by atomic mass is 9.99. The molecule has 0 radical (unpaired) electrons. The van der Waals surface area contributed by atoms with Gasteiger partial charge in [0.15, 0.2) is 12.4 Å². The molecule has 3 rings (SSSR count). The molecule has 5 heteroatoms. The van der Waals surface area contributed by atoms with Gasteiger partial charge in [0.1, 0.15) is 11.5 Å². The quantitative estimate of drug-likeness (QED) is 0.233. The highest BCUT2D eigenvalue weighted by atomic mass is 16.6. The number of rotatable bonds is 12. The van der Waals surface area contributed by atoms with Crippen molar-refractivity contribution in [3.63, 3.8) is 0 Å². The predicted molar refractivity (Wildman–Crippen MR) is 137 cm³/mol. The Balaban J connectivity index is 1.63. The average Bonchev–Trinajstić information content (AvgIpc) is 2.87. The van der Waals surface area contributed by atoms with Crippen molar-refractivity contribution in [1.29, 1.82) is 0 Å². The summed E-state index contributed by atoms with van der Waals surface area (Å²) in [6.07, 6.45) is 2.38. The first-order valence-corrected chi connectivity index (χ1v) is 12.2. The second-order valence-electron chi connectivity index (χ2n) is 8.54. The molecule has 3 aromatic carbocycles. The van der Waals surface area contributed by atoms with Gasteiger partial charge in [-0.1, -0.05) is 55.5 Å². The number of benzene rings is 3. The molecule has 1 unspecified atom stereocenters. The Morgan fingerprint density at radius 2 is 1.60 bits per heavy atom. The van der Waals surface area contributed by atoms with Gasteiger partial charge in [0.2, 0.25) is 0 Å². The number of carbonyl (C=O) groups is 2. The summed E-state index contributed by atoms with van der Waals surface area (Å²) in [5, 5.41) is 0. The highest BCUT2D eigenvalue weighted by Gasteiger charge is 2.17. The molecular weight excluding hydrogens is 440 g/mol. The Labute approximate surface area is 208 Å². The van der Waals surface area contributed by atoms with Crippen LogP contribution in [-0.4, -0.2) is 31.1 Å². The molecule has 0 bridgehead atoms. The van der Waals surface area contributed by atoms with E-state index in [1.165, 1.54) is 0 Å². The zero-order valence-corrected chi connectivity index (χ0v) is 21.0. The Hall–Kier alpha value is -3.60. The van der Waals surface area contributed by atoms with E-state index in [1.54, 1.807) is 6.92 Å². The Kier molecular flexibility index (Phi) is 9.47. The standard InChI is InChI=1S/C30H34O5/c1-5-23-14-17-28(26(19-23)30(32)25-10-8-7-9-11-25)35-22(4)12-13-24-15-16-27(21(3)18-24)34-20-29(31)33-6-2/h7-11,14-19,22H,5-6,12-13,20H2,1-4H3. The number of hydrogen-bond donors (Lipinski definition) is 0. The van der Waals surface area contributed by atoms with Crippen LogP contribution >= 0.6 is 0 Å². The molecule has 0 amide bonds. The van der Waals surface area contributed by atoms with Crippen LogP contribution in [-0.2, 0) is 22.4 Å². The second kappa shape index (κ2) is 12.7. The molecule has 0 spiro atoms. The van der Waals surface area contributed by atoms with Gasteiger partial charge < -0.3 is 14.2 Å². The first kappa shape index (κ1) is 26.0. The first-order chi connectivity index (χ1) is 16.9. The summed E-state index contributed by atoms with van der Waals surface area (Å²) in [4.78, 5) is 24.7. The monoisotopic (exact) mass is 474 g/mol. The lowest BCUT2D eigenvalue weighted by Gasteiger charge is -2.18. The smallest absolute Gasteiger partial charge is 0.344 e. The minimum atomic E-state index is -0.376. The number of ether oxygens (including phenoxy) is 3. The van der Waals surface area contributed by atoms with Crippen molar-refractivity contribution < 1.29 is 23.8 Å². The van der Waals surface area contributed by atoms with Crippen molar-refractivity contribution in [2.75, 3.05) is 13.2 Å². The maximum atomic E-state index is 13.2. The van der Waals surface area contributed by atoms with E-state index in [0.29, 0.717) is 29.2 Å². The van der Waals surface area contributed by atoms with Crippen molar-refractivity contribution in [2.45, 2.75) is 53.1 Å². The molecule has 184 valence electrons. The maximum absolute atomic E-state index is 13.2. The van der Waals surface area contributed by atoms with Gasteiger partial charge in [0.05, 0.1) is 18.3 Å². The normalized spacial score (nSPS) is 11.5. The van der Waals surface area contributed by atoms with Crippen molar-refractivity contribution in [3.05, 3.63) is 94.5 Å². The van der Waals surface area contributed by atoms with E-state index >= 15 is 0 Å².